The Morgan fingerprint density at radius 1 is 1.27 bits per heavy atom. The Balaban J connectivity index is 1.86. The molecule has 0 spiro atoms. The van der Waals surface area contributed by atoms with Crippen molar-refractivity contribution in [3.05, 3.63) is 81.4 Å². The van der Waals surface area contributed by atoms with Gasteiger partial charge >= 0.3 is 0 Å². The number of nitrogens with one attached hydrogen (secondary N) is 2. The van der Waals surface area contributed by atoms with Crippen LogP contribution in [0.2, 0.25) is 0 Å². The van der Waals surface area contributed by atoms with Crippen LogP contribution >= 0.6 is 12.2 Å². The molecule has 1 amide bonds. The lowest BCUT2D eigenvalue weighted by Crippen LogP contribution is -2.27. The van der Waals surface area contributed by atoms with Gasteiger partial charge in [-0.1, -0.05) is 18.2 Å². The van der Waals surface area contributed by atoms with Crippen molar-refractivity contribution in [2.45, 2.75) is 24.4 Å². The van der Waals surface area contributed by atoms with E-state index in [1.807, 2.05) is 0 Å². The molecule has 9 heteroatoms. The monoisotopic (exact) mass is 443 g/mol. The molecule has 1 heterocycles. The first-order chi connectivity index (χ1) is 14.1. The van der Waals surface area contributed by atoms with Gasteiger partial charge in [-0.2, -0.15) is 0 Å². The molecular formula is C21H21N3O4S2. The first-order valence-corrected chi connectivity index (χ1v) is 11.4. The fraction of sp³-hybridized carbons (Fsp3) is 0.190. The first kappa shape index (κ1) is 21.7. The average Bonchev–Trinajstić information content (AvgIpc) is 2.70. The summed E-state index contributed by atoms with van der Waals surface area (Å²) in [5.41, 5.74) is 1.36. The van der Waals surface area contributed by atoms with Gasteiger partial charge in [-0.15, -0.1) is 6.58 Å². The summed E-state index contributed by atoms with van der Waals surface area (Å²) in [6.45, 7) is 5.72. The van der Waals surface area contributed by atoms with Crippen LogP contribution in [-0.4, -0.2) is 30.1 Å². The number of carbonyl (C=O) groups excluding carboxylic acids is 1. The van der Waals surface area contributed by atoms with E-state index in [9.17, 15) is 18.0 Å². The van der Waals surface area contributed by atoms with Crippen molar-refractivity contribution in [2.24, 2.45) is 0 Å². The van der Waals surface area contributed by atoms with E-state index in [1.165, 1.54) is 16.7 Å². The molecule has 0 bridgehead atoms. The molecule has 3 aromatic rings. The zero-order chi connectivity index (χ0) is 22.1. The van der Waals surface area contributed by atoms with Gasteiger partial charge in [-0.25, -0.2) is 8.42 Å². The maximum absolute atomic E-state index is 12.7. The van der Waals surface area contributed by atoms with Crippen LogP contribution in [0.3, 0.4) is 0 Å². The molecule has 0 aliphatic rings. The molecule has 2 N–H and O–H groups in total. The molecule has 0 saturated carbocycles. The van der Waals surface area contributed by atoms with E-state index >= 15 is 0 Å². The number of H-pyrrole nitrogens is 1. The van der Waals surface area contributed by atoms with E-state index in [0.29, 0.717) is 23.0 Å². The Morgan fingerprint density at radius 3 is 2.53 bits per heavy atom. The normalized spacial score (nSPS) is 12.5. The van der Waals surface area contributed by atoms with Crippen LogP contribution in [0.25, 0.3) is 10.9 Å². The van der Waals surface area contributed by atoms with Crippen LogP contribution in [0.1, 0.15) is 28.9 Å². The fourth-order valence-corrected chi connectivity index (χ4v) is 3.96. The summed E-state index contributed by atoms with van der Waals surface area (Å²) < 4.78 is 24.8. The minimum absolute atomic E-state index is 0.219. The van der Waals surface area contributed by atoms with Gasteiger partial charge < -0.3 is 10.3 Å². The quantitative estimate of drug-likeness (QED) is 0.450. The number of benzene rings is 2. The summed E-state index contributed by atoms with van der Waals surface area (Å²) in [6.07, 6.45) is 2.73. The van der Waals surface area contributed by atoms with Gasteiger partial charge in [0.2, 0.25) is 0 Å². The van der Waals surface area contributed by atoms with E-state index in [1.54, 1.807) is 43.3 Å². The van der Waals surface area contributed by atoms with E-state index in [2.05, 4.69) is 16.9 Å². The van der Waals surface area contributed by atoms with Crippen LogP contribution in [0, 0.1) is 4.77 Å². The van der Waals surface area contributed by atoms with Crippen molar-refractivity contribution in [2.75, 3.05) is 6.26 Å². The van der Waals surface area contributed by atoms with Gasteiger partial charge in [0.1, 0.15) is 0 Å². The molecular weight excluding hydrogens is 422 g/mol. The third kappa shape index (κ3) is 4.42. The van der Waals surface area contributed by atoms with E-state index in [4.69, 9.17) is 12.2 Å². The lowest BCUT2D eigenvalue weighted by Gasteiger charge is -2.15. The highest BCUT2D eigenvalue weighted by atomic mass is 32.2. The Kier molecular flexibility index (Phi) is 6.04. The van der Waals surface area contributed by atoms with Crippen LogP contribution < -0.4 is 10.9 Å². The molecule has 2 aromatic carbocycles. The van der Waals surface area contributed by atoms with Crippen LogP contribution in [0.5, 0.6) is 0 Å². The molecule has 1 aromatic heterocycles. The van der Waals surface area contributed by atoms with Crippen LogP contribution in [0.4, 0.5) is 0 Å². The summed E-state index contributed by atoms with van der Waals surface area (Å²) >= 11 is 5.23. The maximum Gasteiger partial charge on any atom is 0.262 e. The maximum atomic E-state index is 12.7. The molecule has 0 saturated heterocycles. The molecule has 3 rings (SSSR count). The van der Waals surface area contributed by atoms with Crippen molar-refractivity contribution in [1.29, 1.82) is 0 Å². The number of hydrogen-bond acceptors (Lipinski definition) is 5. The van der Waals surface area contributed by atoms with Gasteiger partial charge in [0.25, 0.3) is 11.5 Å². The Morgan fingerprint density at radius 2 is 1.93 bits per heavy atom. The molecule has 0 aliphatic carbocycles. The largest absolute Gasteiger partial charge is 0.346 e. The molecule has 30 heavy (non-hydrogen) atoms. The third-order valence-electron chi connectivity index (χ3n) is 4.71. The third-order valence-corrected chi connectivity index (χ3v) is 6.16. The number of amides is 1. The number of carbonyl (C=O) groups is 1. The van der Waals surface area contributed by atoms with Crippen molar-refractivity contribution >= 4 is 38.9 Å². The van der Waals surface area contributed by atoms with E-state index in [0.717, 1.165) is 11.8 Å². The van der Waals surface area contributed by atoms with E-state index < -0.39 is 9.84 Å². The minimum atomic E-state index is -3.28. The molecule has 156 valence electrons. The topological polar surface area (TPSA) is 101 Å². The van der Waals surface area contributed by atoms with E-state index in [-0.39, 0.29) is 27.2 Å². The highest BCUT2D eigenvalue weighted by Crippen LogP contribution is 2.18. The van der Waals surface area contributed by atoms with Crippen molar-refractivity contribution in [1.82, 2.24) is 14.9 Å². The van der Waals surface area contributed by atoms with Gasteiger partial charge in [0.05, 0.1) is 21.8 Å². The fourth-order valence-electron chi connectivity index (χ4n) is 3.06. The number of rotatable bonds is 6. The number of fused-ring (bicyclic) bond motifs is 1. The smallest absolute Gasteiger partial charge is 0.262 e. The number of hydrogen-bond donors (Lipinski definition) is 2. The average molecular weight is 444 g/mol. The number of sulfone groups is 1. The first-order valence-electron chi connectivity index (χ1n) is 9.10. The van der Waals surface area contributed by atoms with Crippen molar-refractivity contribution in [3.8, 4) is 0 Å². The predicted octanol–water partition coefficient (Wildman–Crippen LogP) is 3.14. The second-order valence-electron chi connectivity index (χ2n) is 6.93. The number of aromatic amines is 1. The Hall–Kier alpha value is -3.04. The van der Waals surface area contributed by atoms with Crippen molar-refractivity contribution < 1.29 is 13.2 Å². The number of aromatic nitrogens is 2. The summed E-state index contributed by atoms with van der Waals surface area (Å²) in [5.74, 6) is -0.328. The molecule has 1 atom stereocenters. The summed E-state index contributed by atoms with van der Waals surface area (Å²) in [6, 6.07) is 10.8. The molecule has 0 fully saturated rings. The number of nitrogens with zero attached hydrogens (tertiary/aromatic N) is 1. The zero-order valence-corrected chi connectivity index (χ0v) is 18.1. The summed E-state index contributed by atoms with van der Waals surface area (Å²) in [4.78, 5) is 28.5. The second kappa shape index (κ2) is 8.37. The van der Waals surface area contributed by atoms with Gasteiger partial charge in [-0.3, -0.25) is 14.2 Å². The standard InChI is InChI=1S/C21H21N3O4S2/c1-4-11-24-20(26)17-10-7-15(12-18(17)23-21(24)29)19(25)22-13(2)14-5-8-16(9-6-14)30(3,27)28/h4-10,12-13H,1,11H2,2-3H3,(H,22,25)(H,23,29). The van der Waals surface area contributed by atoms with Gasteiger partial charge in [-0.05, 0) is 55.0 Å². The van der Waals surface area contributed by atoms with Crippen LogP contribution in [-0.2, 0) is 16.4 Å². The minimum Gasteiger partial charge on any atom is -0.346 e. The highest BCUT2D eigenvalue weighted by molar-refractivity contribution is 7.90. The second-order valence-corrected chi connectivity index (χ2v) is 9.33. The number of allylic oxidation sites excluding steroid dienone is 1. The molecule has 7 nitrogen and oxygen atoms in total. The summed E-state index contributed by atoms with van der Waals surface area (Å²) in [5, 5.41) is 3.29. The summed E-state index contributed by atoms with van der Waals surface area (Å²) in [7, 11) is -3.28. The Labute approximate surface area is 179 Å². The molecule has 0 aliphatic heterocycles. The lowest BCUT2D eigenvalue weighted by atomic mass is 10.1. The van der Waals surface area contributed by atoms with Gasteiger partial charge in [0, 0.05) is 18.4 Å². The lowest BCUT2D eigenvalue weighted by molar-refractivity contribution is 0.0940. The highest BCUT2D eigenvalue weighted by Gasteiger charge is 2.14. The zero-order valence-electron chi connectivity index (χ0n) is 16.5. The molecule has 0 radical (unpaired) electrons. The SMILES string of the molecule is C=CCn1c(=S)[nH]c2cc(C(=O)NC(C)c3ccc(S(C)(=O)=O)cc3)ccc2c1=O. The van der Waals surface area contributed by atoms with Crippen LogP contribution in [0.15, 0.2) is 64.8 Å². The van der Waals surface area contributed by atoms with Gasteiger partial charge in [0.15, 0.2) is 14.6 Å². The molecule has 1 unspecified atom stereocenters. The van der Waals surface area contributed by atoms with Crippen molar-refractivity contribution in [3.63, 3.8) is 0 Å². The predicted molar refractivity (Wildman–Crippen MR) is 119 cm³/mol. The Bertz CT molecular complexity index is 1350.